The number of carbonyl (C=O) groups is 3. The maximum absolute atomic E-state index is 11.4. The van der Waals surface area contributed by atoms with Gasteiger partial charge in [-0.1, -0.05) is 0 Å². The van der Waals surface area contributed by atoms with Gasteiger partial charge in [-0.2, -0.15) is 0 Å². The molecule has 6 nitrogen and oxygen atoms in total. The van der Waals surface area contributed by atoms with Crippen molar-refractivity contribution in [2.75, 3.05) is 11.9 Å². The van der Waals surface area contributed by atoms with E-state index >= 15 is 0 Å². The average Bonchev–Trinajstić information content (AvgIpc) is 2.28. The highest BCUT2D eigenvalue weighted by Crippen LogP contribution is 2.21. The second kappa shape index (κ2) is 6.15. The Hall–Kier alpha value is -1.89. The van der Waals surface area contributed by atoms with Crippen molar-refractivity contribution < 1.29 is 19.5 Å². The molecule has 0 fully saturated rings. The van der Waals surface area contributed by atoms with E-state index in [1.54, 1.807) is 6.07 Å². The third-order valence-electron chi connectivity index (χ3n) is 1.98. The van der Waals surface area contributed by atoms with E-state index in [-0.39, 0.29) is 18.0 Å². The van der Waals surface area contributed by atoms with Crippen LogP contribution >= 0.6 is 15.9 Å². The van der Waals surface area contributed by atoms with Crippen molar-refractivity contribution in [2.45, 2.75) is 6.92 Å². The Balaban J connectivity index is 2.73. The number of carboxylic acid groups (broad SMARTS) is 1. The van der Waals surface area contributed by atoms with Crippen molar-refractivity contribution in [3.63, 3.8) is 0 Å². The summed E-state index contributed by atoms with van der Waals surface area (Å²) in [5, 5.41) is 13.7. The molecule has 0 spiro atoms. The Kier molecular flexibility index (Phi) is 4.85. The summed E-state index contributed by atoms with van der Waals surface area (Å²) < 4.78 is 0.426. The van der Waals surface area contributed by atoms with E-state index in [0.29, 0.717) is 10.2 Å². The lowest BCUT2D eigenvalue weighted by atomic mass is 10.2. The van der Waals surface area contributed by atoms with Gasteiger partial charge in [0.2, 0.25) is 11.8 Å². The second-order valence-corrected chi connectivity index (χ2v) is 4.31. The van der Waals surface area contributed by atoms with Crippen LogP contribution in [0.15, 0.2) is 22.7 Å². The quantitative estimate of drug-likeness (QED) is 0.778. The van der Waals surface area contributed by atoms with Gasteiger partial charge in [0.15, 0.2) is 0 Å². The molecule has 18 heavy (non-hydrogen) atoms. The van der Waals surface area contributed by atoms with Crippen molar-refractivity contribution in [3.8, 4) is 0 Å². The Bertz CT molecular complexity index is 502. The number of halogens is 1. The molecule has 0 heterocycles. The molecular weight excluding hydrogens is 304 g/mol. The molecule has 0 radical (unpaired) electrons. The summed E-state index contributed by atoms with van der Waals surface area (Å²) in [6.07, 6.45) is 0. The minimum atomic E-state index is -1.10. The number of hydrogen-bond acceptors (Lipinski definition) is 3. The zero-order valence-corrected chi connectivity index (χ0v) is 11.1. The molecule has 7 heteroatoms. The van der Waals surface area contributed by atoms with Gasteiger partial charge >= 0.3 is 5.97 Å². The van der Waals surface area contributed by atoms with Gasteiger partial charge in [0, 0.05) is 17.1 Å². The van der Waals surface area contributed by atoms with E-state index in [1.807, 2.05) is 0 Å². The fourth-order valence-electron chi connectivity index (χ4n) is 1.18. The average molecular weight is 315 g/mol. The minimum Gasteiger partial charge on any atom is -0.478 e. The molecule has 0 saturated heterocycles. The highest BCUT2D eigenvalue weighted by atomic mass is 79.9. The largest absolute Gasteiger partial charge is 0.478 e. The first-order chi connectivity index (χ1) is 8.40. The lowest BCUT2D eigenvalue weighted by molar-refractivity contribution is -0.122. The third kappa shape index (κ3) is 4.17. The molecule has 1 rings (SSSR count). The summed E-state index contributed by atoms with van der Waals surface area (Å²) in [4.78, 5) is 32.9. The van der Waals surface area contributed by atoms with E-state index in [9.17, 15) is 14.4 Å². The predicted octanol–water partition coefficient (Wildman–Crippen LogP) is 1.22. The maximum Gasteiger partial charge on any atom is 0.336 e. The van der Waals surface area contributed by atoms with Crippen molar-refractivity contribution >= 4 is 39.4 Å². The molecule has 0 saturated carbocycles. The standard InChI is InChI=1S/C11H11BrN2O4/c1-6(15)13-5-10(16)14-7-2-3-9(12)8(4-7)11(17)18/h2-4H,5H2,1H3,(H,13,15)(H,14,16)(H,17,18). The van der Waals surface area contributed by atoms with E-state index in [1.165, 1.54) is 19.1 Å². The molecule has 3 N–H and O–H groups in total. The fourth-order valence-corrected chi connectivity index (χ4v) is 1.59. The first-order valence-electron chi connectivity index (χ1n) is 4.97. The lowest BCUT2D eigenvalue weighted by Gasteiger charge is -2.07. The zero-order chi connectivity index (χ0) is 13.7. The van der Waals surface area contributed by atoms with Crippen LogP contribution in [0.3, 0.4) is 0 Å². The van der Waals surface area contributed by atoms with E-state index in [4.69, 9.17) is 5.11 Å². The van der Waals surface area contributed by atoms with Gasteiger partial charge in [0.25, 0.3) is 0 Å². The predicted molar refractivity (Wildman–Crippen MR) is 68.4 cm³/mol. The van der Waals surface area contributed by atoms with Crippen molar-refractivity contribution in [1.82, 2.24) is 5.32 Å². The molecule has 1 aromatic carbocycles. The number of carbonyl (C=O) groups excluding carboxylic acids is 2. The van der Waals surface area contributed by atoms with Gasteiger partial charge in [-0.25, -0.2) is 4.79 Å². The van der Waals surface area contributed by atoms with Gasteiger partial charge in [-0.3, -0.25) is 9.59 Å². The molecule has 0 aliphatic carbocycles. The smallest absolute Gasteiger partial charge is 0.336 e. The SMILES string of the molecule is CC(=O)NCC(=O)Nc1ccc(Br)c(C(=O)O)c1. The molecule has 0 bridgehead atoms. The number of rotatable bonds is 4. The Morgan fingerprint density at radius 1 is 1.33 bits per heavy atom. The van der Waals surface area contributed by atoms with Crippen LogP contribution in [0.2, 0.25) is 0 Å². The number of amides is 2. The van der Waals surface area contributed by atoms with Gasteiger partial charge in [0.05, 0.1) is 12.1 Å². The van der Waals surface area contributed by atoms with Crippen LogP contribution in [0, 0.1) is 0 Å². The van der Waals surface area contributed by atoms with Crippen LogP contribution in [0.25, 0.3) is 0 Å². The van der Waals surface area contributed by atoms with E-state index in [2.05, 4.69) is 26.6 Å². The van der Waals surface area contributed by atoms with Crippen LogP contribution in [-0.2, 0) is 9.59 Å². The molecule has 1 aromatic rings. The third-order valence-corrected chi connectivity index (χ3v) is 2.67. The summed E-state index contributed by atoms with van der Waals surface area (Å²) in [5.41, 5.74) is 0.401. The van der Waals surface area contributed by atoms with Crippen molar-refractivity contribution in [3.05, 3.63) is 28.2 Å². The summed E-state index contributed by atoms with van der Waals surface area (Å²) in [5.74, 6) is -1.84. The normalized spacial score (nSPS) is 9.67. The molecular formula is C11H11BrN2O4. The highest BCUT2D eigenvalue weighted by Gasteiger charge is 2.10. The van der Waals surface area contributed by atoms with Crippen molar-refractivity contribution in [2.24, 2.45) is 0 Å². The van der Waals surface area contributed by atoms with Gasteiger partial charge in [-0.05, 0) is 34.1 Å². The fraction of sp³-hybridized carbons (Fsp3) is 0.182. The monoisotopic (exact) mass is 314 g/mol. The molecule has 0 unspecified atom stereocenters. The van der Waals surface area contributed by atoms with Crippen LogP contribution in [0.5, 0.6) is 0 Å². The molecule has 0 aromatic heterocycles. The molecule has 0 aliphatic rings. The van der Waals surface area contributed by atoms with Crippen LogP contribution in [0.1, 0.15) is 17.3 Å². The lowest BCUT2D eigenvalue weighted by Crippen LogP contribution is -2.31. The van der Waals surface area contributed by atoms with E-state index < -0.39 is 11.9 Å². The number of benzene rings is 1. The maximum atomic E-state index is 11.4. The number of anilines is 1. The summed E-state index contributed by atoms with van der Waals surface area (Å²) in [7, 11) is 0. The summed E-state index contributed by atoms with van der Waals surface area (Å²) >= 11 is 3.10. The topological polar surface area (TPSA) is 95.5 Å². The van der Waals surface area contributed by atoms with Gasteiger partial charge in [0.1, 0.15) is 0 Å². The Morgan fingerprint density at radius 2 is 2.00 bits per heavy atom. The Morgan fingerprint density at radius 3 is 2.56 bits per heavy atom. The first-order valence-corrected chi connectivity index (χ1v) is 5.76. The second-order valence-electron chi connectivity index (χ2n) is 3.46. The summed E-state index contributed by atoms with van der Waals surface area (Å²) in [6, 6.07) is 4.41. The molecule has 2 amide bonds. The number of nitrogens with one attached hydrogen (secondary N) is 2. The highest BCUT2D eigenvalue weighted by molar-refractivity contribution is 9.10. The molecule has 0 atom stereocenters. The van der Waals surface area contributed by atoms with E-state index in [0.717, 1.165) is 0 Å². The first kappa shape index (κ1) is 14.2. The number of carboxylic acids is 1. The minimum absolute atomic E-state index is 0.0485. The number of hydrogen-bond donors (Lipinski definition) is 3. The molecule has 0 aliphatic heterocycles. The van der Waals surface area contributed by atoms with Gasteiger partial charge < -0.3 is 15.7 Å². The van der Waals surface area contributed by atoms with Crippen LogP contribution in [-0.4, -0.2) is 29.4 Å². The van der Waals surface area contributed by atoms with Crippen molar-refractivity contribution in [1.29, 1.82) is 0 Å². The summed E-state index contributed by atoms with van der Waals surface area (Å²) in [6.45, 7) is 1.14. The molecule has 96 valence electrons. The Labute approximate surface area is 112 Å². The zero-order valence-electron chi connectivity index (χ0n) is 9.49. The number of aromatic carboxylic acids is 1. The van der Waals surface area contributed by atoms with Gasteiger partial charge in [-0.15, -0.1) is 0 Å². The van der Waals surface area contributed by atoms with Crippen LogP contribution in [0.4, 0.5) is 5.69 Å². The van der Waals surface area contributed by atoms with Crippen LogP contribution < -0.4 is 10.6 Å².